The molecule has 100 valence electrons. The molecule has 0 radical (unpaired) electrons. The van der Waals surface area contributed by atoms with Gasteiger partial charge < -0.3 is 4.74 Å². The number of ether oxygens (including phenoxy) is 1. The van der Waals surface area contributed by atoms with Gasteiger partial charge in [-0.15, -0.1) is 0 Å². The number of pyridine rings is 1. The van der Waals surface area contributed by atoms with E-state index in [-0.39, 0.29) is 0 Å². The van der Waals surface area contributed by atoms with Gasteiger partial charge in [0.05, 0.1) is 7.11 Å². The van der Waals surface area contributed by atoms with Gasteiger partial charge in [0.15, 0.2) is 0 Å². The maximum absolute atomic E-state index is 5.21. The summed E-state index contributed by atoms with van der Waals surface area (Å²) in [6.45, 7) is 4.49. The van der Waals surface area contributed by atoms with Crippen LogP contribution in [0.3, 0.4) is 0 Å². The molecule has 2 atom stereocenters. The van der Waals surface area contributed by atoms with Crippen molar-refractivity contribution in [3.05, 3.63) is 59.9 Å². The Bertz CT molecular complexity index is 492. The average molecular weight is 255 g/mol. The molecule has 0 aliphatic carbocycles. The molecule has 1 aromatic heterocycles. The van der Waals surface area contributed by atoms with E-state index < -0.39 is 0 Å². The van der Waals surface area contributed by atoms with E-state index in [4.69, 9.17) is 4.74 Å². The molecule has 2 aromatic rings. The number of hydrogen-bond donors (Lipinski definition) is 0. The maximum atomic E-state index is 5.21. The highest BCUT2D eigenvalue weighted by atomic mass is 16.5. The number of nitrogens with zero attached hydrogens (tertiary/aromatic N) is 1. The summed E-state index contributed by atoms with van der Waals surface area (Å²) in [5.74, 6) is 1.81. The Balaban J connectivity index is 2.22. The van der Waals surface area contributed by atoms with Gasteiger partial charge in [-0.25, -0.2) is 0 Å². The molecule has 0 saturated heterocycles. The lowest BCUT2D eigenvalue weighted by Crippen LogP contribution is -2.09. The maximum Gasteiger partial charge on any atom is 0.118 e. The third kappa shape index (κ3) is 3.14. The molecule has 0 aliphatic heterocycles. The first kappa shape index (κ1) is 13.6. The van der Waals surface area contributed by atoms with Gasteiger partial charge in [-0.1, -0.05) is 32.0 Å². The van der Waals surface area contributed by atoms with Crippen molar-refractivity contribution in [1.82, 2.24) is 4.98 Å². The van der Waals surface area contributed by atoms with Crippen molar-refractivity contribution in [2.75, 3.05) is 7.11 Å². The lowest BCUT2D eigenvalue weighted by Gasteiger charge is -2.22. The molecule has 0 N–H and O–H groups in total. The van der Waals surface area contributed by atoms with Crippen LogP contribution >= 0.6 is 0 Å². The van der Waals surface area contributed by atoms with E-state index in [0.717, 1.165) is 12.2 Å². The van der Waals surface area contributed by atoms with E-state index in [0.29, 0.717) is 11.8 Å². The summed E-state index contributed by atoms with van der Waals surface area (Å²) in [6, 6.07) is 14.5. The average Bonchev–Trinajstić information content (AvgIpc) is 2.49. The summed E-state index contributed by atoms with van der Waals surface area (Å²) in [5.41, 5.74) is 2.51. The van der Waals surface area contributed by atoms with Crippen molar-refractivity contribution in [2.45, 2.75) is 32.1 Å². The van der Waals surface area contributed by atoms with E-state index in [1.165, 1.54) is 11.3 Å². The molecule has 2 rings (SSSR count). The Kier molecular flexibility index (Phi) is 4.56. The van der Waals surface area contributed by atoms with Crippen molar-refractivity contribution in [3.8, 4) is 5.75 Å². The summed E-state index contributed by atoms with van der Waals surface area (Å²) in [4.78, 5) is 4.51. The number of rotatable bonds is 5. The zero-order valence-electron chi connectivity index (χ0n) is 11.8. The quantitative estimate of drug-likeness (QED) is 0.790. The third-order valence-corrected chi connectivity index (χ3v) is 3.75. The molecular weight excluding hydrogens is 234 g/mol. The molecule has 1 heterocycles. The Hall–Kier alpha value is -1.83. The molecule has 0 aliphatic rings. The first-order valence-electron chi connectivity index (χ1n) is 6.81. The van der Waals surface area contributed by atoms with E-state index in [1.807, 2.05) is 24.4 Å². The summed E-state index contributed by atoms with van der Waals surface area (Å²) in [6.07, 6.45) is 2.96. The van der Waals surface area contributed by atoms with Crippen molar-refractivity contribution < 1.29 is 4.74 Å². The molecule has 0 saturated carbocycles. The Morgan fingerprint density at radius 2 is 1.84 bits per heavy atom. The van der Waals surface area contributed by atoms with E-state index in [2.05, 4.69) is 43.1 Å². The van der Waals surface area contributed by atoms with Crippen LogP contribution in [0.15, 0.2) is 48.7 Å². The highest BCUT2D eigenvalue weighted by molar-refractivity contribution is 5.31. The van der Waals surface area contributed by atoms with Crippen LogP contribution in [0.25, 0.3) is 0 Å². The fourth-order valence-electron chi connectivity index (χ4n) is 2.55. The number of hydrogen-bond acceptors (Lipinski definition) is 2. The van der Waals surface area contributed by atoms with Crippen molar-refractivity contribution >= 4 is 0 Å². The fraction of sp³-hybridized carbons (Fsp3) is 0.353. The SMILES string of the molecule is CCC(c1ccccn1)C(C)c1ccc(OC)cc1. The second kappa shape index (κ2) is 6.37. The van der Waals surface area contributed by atoms with Crippen LogP contribution in [0.2, 0.25) is 0 Å². The van der Waals surface area contributed by atoms with Gasteiger partial charge in [-0.05, 0) is 42.2 Å². The second-order valence-corrected chi connectivity index (χ2v) is 4.83. The Morgan fingerprint density at radius 3 is 2.37 bits per heavy atom. The fourth-order valence-corrected chi connectivity index (χ4v) is 2.55. The van der Waals surface area contributed by atoms with Gasteiger partial charge in [0.2, 0.25) is 0 Å². The number of aromatic nitrogens is 1. The molecule has 0 spiro atoms. The molecule has 19 heavy (non-hydrogen) atoms. The van der Waals surface area contributed by atoms with Gasteiger partial charge in [0.1, 0.15) is 5.75 Å². The molecule has 2 heteroatoms. The largest absolute Gasteiger partial charge is 0.497 e. The van der Waals surface area contributed by atoms with Gasteiger partial charge in [-0.2, -0.15) is 0 Å². The molecule has 2 unspecified atom stereocenters. The predicted octanol–water partition coefficient (Wildman–Crippen LogP) is 4.39. The van der Waals surface area contributed by atoms with Crippen LogP contribution in [0.1, 0.15) is 43.4 Å². The van der Waals surface area contributed by atoms with Gasteiger partial charge in [-0.3, -0.25) is 4.98 Å². The van der Waals surface area contributed by atoms with E-state index in [1.54, 1.807) is 7.11 Å². The summed E-state index contributed by atoms with van der Waals surface area (Å²) in [7, 11) is 1.70. The third-order valence-electron chi connectivity index (χ3n) is 3.75. The van der Waals surface area contributed by atoms with Crippen LogP contribution in [0.4, 0.5) is 0 Å². The molecule has 0 bridgehead atoms. The molecular formula is C17H21NO. The summed E-state index contributed by atoms with van der Waals surface area (Å²) >= 11 is 0. The molecule has 1 aromatic carbocycles. The molecule has 0 amide bonds. The van der Waals surface area contributed by atoms with Crippen LogP contribution in [0, 0.1) is 0 Å². The Morgan fingerprint density at radius 1 is 1.11 bits per heavy atom. The van der Waals surface area contributed by atoms with E-state index >= 15 is 0 Å². The van der Waals surface area contributed by atoms with Crippen molar-refractivity contribution in [1.29, 1.82) is 0 Å². The first-order valence-corrected chi connectivity index (χ1v) is 6.81. The van der Waals surface area contributed by atoms with E-state index in [9.17, 15) is 0 Å². The normalized spacial score (nSPS) is 13.8. The van der Waals surface area contributed by atoms with Crippen LogP contribution < -0.4 is 4.74 Å². The molecule has 0 fully saturated rings. The molecule has 2 nitrogen and oxygen atoms in total. The second-order valence-electron chi connectivity index (χ2n) is 4.83. The zero-order chi connectivity index (χ0) is 13.7. The van der Waals surface area contributed by atoms with Crippen LogP contribution in [-0.2, 0) is 0 Å². The summed E-state index contributed by atoms with van der Waals surface area (Å²) < 4.78 is 5.21. The first-order chi connectivity index (χ1) is 9.26. The zero-order valence-corrected chi connectivity index (χ0v) is 11.8. The number of benzene rings is 1. The van der Waals surface area contributed by atoms with Crippen molar-refractivity contribution in [2.24, 2.45) is 0 Å². The topological polar surface area (TPSA) is 22.1 Å². The highest BCUT2D eigenvalue weighted by Crippen LogP contribution is 2.34. The minimum Gasteiger partial charge on any atom is -0.497 e. The smallest absolute Gasteiger partial charge is 0.118 e. The lowest BCUT2D eigenvalue weighted by molar-refractivity contribution is 0.414. The lowest BCUT2D eigenvalue weighted by atomic mass is 9.83. The minimum absolute atomic E-state index is 0.450. The van der Waals surface area contributed by atoms with Gasteiger partial charge in [0.25, 0.3) is 0 Å². The standard InChI is InChI=1S/C17H21NO/c1-4-16(17-7-5-6-12-18-17)13(2)14-8-10-15(19-3)11-9-14/h5-13,16H,4H2,1-3H3. The van der Waals surface area contributed by atoms with Gasteiger partial charge >= 0.3 is 0 Å². The van der Waals surface area contributed by atoms with Crippen LogP contribution in [-0.4, -0.2) is 12.1 Å². The monoisotopic (exact) mass is 255 g/mol. The minimum atomic E-state index is 0.450. The Labute approximate surface area is 115 Å². The summed E-state index contributed by atoms with van der Waals surface area (Å²) in [5, 5.41) is 0. The van der Waals surface area contributed by atoms with Crippen molar-refractivity contribution in [3.63, 3.8) is 0 Å². The van der Waals surface area contributed by atoms with Crippen LogP contribution in [0.5, 0.6) is 5.75 Å². The van der Waals surface area contributed by atoms with Gasteiger partial charge in [0, 0.05) is 17.8 Å². The highest BCUT2D eigenvalue weighted by Gasteiger charge is 2.20. The predicted molar refractivity (Wildman–Crippen MR) is 78.7 cm³/mol. The number of methoxy groups -OCH3 is 1.